The molecule has 0 fully saturated rings. The van der Waals surface area contributed by atoms with Gasteiger partial charge in [-0.2, -0.15) is 13.2 Å². The topological polar surface area (TPSA) is 110 Å². The second-order valence-corrected chi connectivity index (χ2v) is 6.13. The molecule has 1 atom stereocenters. The maximum absolute atomic E-state index is 13.2. The van der Waals surface area contributed by atoms with E-state index in [0.717, 1.165) is 37.4 Å². The molecule has 30 heavy (non-hydrogen) atoms. The van der Waals surface area contributed by atoms with E-state index in [1.165, 1.54) is 6.92 Å². The van der Waals surface area contributed by atoms with Crippen molar-refractivity contribution in [2.24, 2.45) is 0 Å². The van der Waals surface area contributed by atoms with Crippen LogP contribution < -0.4 is 4.90 Å². The van der Waals surface area contributed by atoms with Gasteiger partial charge in [-0.3, -0.25) is 19.8 Å². The molecule has 2 aromatic carbocycles. The number of nitrogens with zero attached hydrogens (tertiary/aromatic N) is 2. The molecule has 0 unspecified atom stereocenters. The average molecular weight is 426 g/mol. The molecule has 11 heteroatoms. The Morgan fingerprint density at radius 1 is 1.20 bits per heavy atom. The summed E-state index contributed by atoms with van der Waals surface area (Å²) in [6.45, 7) is 1.50. The molecule has 0 aromatic heterocycles. The molecular weight excluding hydrogens is 409 g/mol. The van der Waals surface area contributed by atoms with Gasteiger partial charge in [0.25, 0.3) is 11.6 Å². The summed E-state index contributed by atoms with van der Waals surface area (Å²) in [5.74, 6) is -2.53. The zero-order valence-corrected chi connectivity index (χ0v) is 15.8. The van der Waals surface area contributed by atoms with Crippen LogP contribution in [0.15, 0.2) is 42.5 Å². The number of esters is 1. The number of nitro groups is 1. The van der Waals surface area contributed by atoms with Crippen LogP contribution in [-0.4, -0.2) is 35.1 Å². The van der Waals surface area contributed by atoms with Crippen molar-refractivity contribution < 1.29 is 37.5 Å². The third-order valence-corrected chi connectivity index (χ3v) is 4.28. The van der Waals surface area contributed by atoms with E-state index >= 15 is 0 Å². The van der Waals surface area contributed by atoms with Crippen molar-refractivity contribution in [1.82, 2.24) is 0 Å². The molecule has 0 spiro atoms. The lowest BCUT2D eigenvalue weighted by Gasteiger charge is -2.30. The number of ether oxygens (including phenoxy) is 1. The monoisotopic (exact) mass is 426 g/mol. The fourth-order valence-electron chi connectivity index (χ4n) is 2.77. The van der Waals surface area contributed by atoms with E-state index in [4.69, 9.17) is 0 Å². The Morgan fingerprint density at radius 3 is 2.27 bits per heavy atom. The molecule has 0 aliphatic heterocycles. The highest BCUT2D eigenvalue weighted by molar-refractivity contribution is 6.10. The van der Waals surface area contributed by atoms with Crippen LogP contribution in [0, 0.1) is 10.1 Å². The second-order valence-electron chi connectivity index (χ2n) is 6.13. The Morgan fingerprint density at radius 2 is 1.80 bits per heavy atom. The first-order valence-electron chi connectivity index (χ1n) is 8.57. The molecular formula is C19H17F3N2O6. The lowest BCUT2D eigenvalue weighted by atomic mass is 10.1. The standard InChI is InChI=1S/C19H17F3N2O6/c1-3-14(18(27)30-2)23(15-10-12(19(20,21)22)6-9-16(15)25)17(26)11-4-7-13(8-5-11)24(28)29/h4-10,14,25H,3H2,1-2H3/t14-/m1/s1. The number of amides is 1. The molecule has 1 amide bonds. The number of benzene rings is 2. The number of methoxy groups -OCH3 is 1. The van der Waals surface area contributed by atoms with Crippen molar-refractivity contribution in [2.45, 2.75) is 25.6 Å². The maximum Gasteiger partial charge on any atom is 0.416 e. The van der Waals surface area contributed by atoms with Crippen molar-refractivity contribution in [3.05, 3.63) is 63.7 Å². The molecule has 0 saturated heterocycles. The summed E-state index contributed by atoms with van der Waals surface area (Å²) in [4.78, 5) is 36.1. The summed E-state index contributed by atoms with van der Waals surface area (Å²) < 4.78 is 44.2. The second kappa shape index (κ2) is 8.80. The summed E-state index contributed by atoms with van der Waals surface area (Å²) in [6.07, 6.45) is -4.81. The van der Waals surface area contributed by atoms with Gasteiger partial charge in [0, 0.05) is 17.7 Å². The number of non-ortho nitro benzene ring substituents is 1. The number of alkyl halides is 3. The first kappa shape index (κ1) is 22.7. The van der Waals surface area contributed by atoms with E-state index in [2.05, 4.69) is 4.74 Å². The van der Waals surface area contributed by atoms with Gasteiger partial charge in [0.05, 0.1) is 23.3 Å². The molecule has 2 aromatic rings. The number of nitro benzene ring substituents is 1. The number of halogens is 3. The first-order valence-corrected chi connectivity index (χ1v) is 8.57. The predicted octanol–water partition coefficient (Wildman–Crippen LogP) is 3.92. The van der Waals surface area contributed by atoms with Crippen molar-refractivity contribution >= 4 is 23.3 Å². The molecule has 0 radical (unpaired) electrons. The van der Waals surface area contributed by atoms with Gasteiger partial charge >= 0.3 is 12.1 Å². The molecule has 8 nitrogen and oxygen atoms in total. The quantitative estimate of drug-likeness (QED) is 0.426. The Balaban J connectivity index is 2.65. The molecule has 0 saturated carbocycles. The number of anilines is 1. The van der Waals surface area contributed by atoms with Crippen molar-refractivity contribution in [1.29, 1.82) is 0 Å². The molecule has 2 rings (SSSR count). The molecule has 0 heterocycles. The highest BCUT2D eigenvalue weighted by atomic mass is 19.4. The molecule has 1 N–H and O–H groups in total. The zero-order valence-electron chi connectivity index (χ0n) is 15.8. The highest BCUT2D eigenvalue weighted by Crippen LogP contribution is 2.38. The van der Waals surface area contributed by atoms with Gasteiger partial charge in [0.2, 0.25) is 0 Å². The zero-order chi connectivity index (χ0) is 22.6. The van der Waals surface area contributed by atoms with Gasteiger partial charge in [-0.05, 0) is 36.8 Å². The summed E-state index contributed by atoms with van der Waals surface area (Å²) in [6, 6.07) is 4.86. The number of hydrogen-bond acceptors (Lipinski definition) is 6. The molecule has 0 bridgehead atoms. The van der Waals surface area contributed by atoms with Crippen LogP contribution >= 0.6 is 0 Å². The van der Waals surface area contributed by atoms with Gasteiger partial charge < -0.3 is 9.84 Å². The number of rotatable bonds is 6. The third-order valence-electron chi connectivity index (χ3n) is 4.28. The van der Waals surface area contributed by atoms with Crippen LogP contribution in [0.25, 0.3) is 0 Å². The smallest absolute Gasteiger partial charge is 0.416 e. The van der Waals surface area contributed by atoms with Gasteiger partial charge in [-0.15, -0.1) is 0 Å². The number of hydrogen-bond donors (Lipinski definition) is 1. The van der Waals surface area contributed by atoms with Gasteiger partial charge in [0.15, 0.2) is 0 Å². The lowest BCUT2D eigenvalue weighted by Crippen LogP contribution is -2.45. The SMILES string of the molecule is CC[C@H](C(=O)OC)N(C(=O)c1ccc([N+](=O)[O-])cc1)c1cc(C(F)(F)F)ccc1O. The Bertz CT molecular complexity index is 960. The van der Waals surface area contributed by atoms with Gasteiger partial charge in [-0.1, -0.05) is 6.92 Å². The summed E-state index contributed by atoms with van der Waals surface area (Å²) in [7, 11) is 1.05. The van der Waals surface area contributed by atoms with Crippen LogP contribution in [0.1, 0.15) is 29.3 Å². The van der Waals surface area contributed by atoms with Crippen LogP contribution in [0.2, 0.25) is 0 Å². The predicted molar refractivity (Wildman–Crippen MR) is 99.1 cm³/mol. The summed E-state index contributed by atoms with van der Waals surface area (Å²) in [5, 5.41) is 21.0. The summed E-state index contributed by atoms with van der Waals surface area (Å²) >= 11 is 0. The number of phenols is 1. The normalized spacial score (nSPS) is 12.2. The van der Waals surface area contributed by atoms with Crippen LogP contribution in [0.4, 0.5) is 24.5 Å². The molecule has 0 aliphatic rings. The number of phenolic OH excluding ortho intramolecular Hbond substituents is 1. The van der Waals surface area contributed by atoms with E-state index < -0.39 is 46.0 Å². The van der Waals surface area contributed by atoms with Gasteiger partial charge in [0.1, 0.15) is 11.8 Å². The Labute approximate surface area is 168 Å². The fourth-order valence-corrected chi connectivity index (χ4v) is 2.77. The van der Waals surface area contributed by atoms with E-state index in [9.17, 15) is 38.0 Å². The van der Waals surface area contributed by atoms with E-state index in [1.807, 2.05) is 0 Å². The largest absolute Gasteiger partial charge is 0.506 e. The molecule has 0 aliphatic carbocycles. The number of carbonyl (C=O) groups excluding carboxylic acids is 2. The lowest BCUT2D eigenvalue weighted by molar-refractivity contribution is -0.384. The number of carbonyl (C=O) groups is 2. The minimum Gasteiger partial charge on any atom is -0.506 e. The van der Waals surface area contributed by atoms with Crippen molar-refractivity contribution in [3.8, 4) is 5.75 Å². The van der Waals surface area contributed by atoms with Crippen molar-refractivity contribution in [2.75, 3.05) is 12.0 Å². The molecule has 160 valence electrons. The van der Waals surface area contributed by atoms with E-state index in [-0.39, 0.29) is 17.7 Å². The van der Waals surface area contributed by atoms with Crippen molar-refractivity contribution in [3.63, 3.8) is 0 Å². The number of aromatic hydroxyl groups is 1. The minimum absolute atomic E-state index is 0.0406. The Kier molecular flexibility index (Phi) is 6.65. The van der Waals surface area contributed by atoms with Crippen LogP contribution in [-0.2, 0) is 15.7 Å². The maximum atomic E-state index is 13.2. The van der Waals surface area contributed by atoms with E-state index in [0.29, 0.717) is 17.0 Å². The minimum atomic E-state index is -4.77. The van der Waals surface area contributed by atoms with Gasteiger partial charge in [-0.25, -0.2) is 4.79 Å². The average Bonchev–Trinajstić information content (AvgIpc) is 2.70. The highest BCUT2D eigenvalue weighted by Gasteiger charge is 2.36. The van der Waals surface area contributed by atoms with E-state index in [1.54, 1.807) is 0 Å². The first-order chi connectivity index (χ1) is 14.0. The van der Waals surface area contributed by atoms with Crippen LogP contribution in [0.3, 0.4) is 0 Å². The fraction of sp³-hybridized carbons (Fsp3) is 0.263. The third kappa shape index (κ3) is 4.67. The summed E-state index contributed by atoms with van der Waals surface area (Å²) in [5.41, 5.74) is -2.14. The van der Waals surface area contributed by atoms with Crippen LogP contribution in [0.5, 0.6) is 5.75 Å². The Hall–Kier alpha value is -3.63.